The van der Waals surface area contributed by atoms with Crippen LogP contribution in [0.25, 0.3) is 27.0 Å². The van der Waals surface area contributed by atoms with Crippen molar-refractivity contribution in [3.8, 4) is 16.8 Å². The van der Waals surface area contributed by atoms with Crippen LogP contribution in [0.1, 0.15) is 17.2 Å². The van der Waals surface area contributed by atoms with Gasteiger partial charge in [0.15, 0.2) is 5.16 Å². The number of nitrogens with zero attached hydrogens (tertiary/aromatic N) is 4. The molecule has 1 saturated heterocycles. The van der Waals surface area contributed by atoms with Crippen molar-refractivity contribution in [2.45, 2.75) is 11.2 Å². The van der Waals surface area contributed by atoms with Crippen molar-refractivity contribution >= 4 is 39.2 Å². The number of hydrogen-bond acceptors (Lipinski definition) is 6. The average molecular weight is 629 g/mol. The Morgan fingerprint density at radius 3 is 1.91 bits per heavy atom. The summed E-state index contributed by atoms with van der Waals surface area (Å²) in [5.41, 5.74) is 4.99. The molecule has 2 aromatic heterocycles. The lowest BCUT2D eigenvalue weighted by molar-refractivity contribution is -0.130. The maximum absolute atomic E-state index is 14.1. The van der Waals surface area contributed by atoms with Gasteiger partial charge in [-0.2, -0.15) is 0 Å². The van der Waals surface area contributed by atoms with Crippen LogP contribution in [0.5, 0.6) is 0 Å². The van der Waals surface area contributed by atoms with E-state index in [1.165, 1.54) is 34.2 Å². The van der Waals surface area contributed by atoms with E-state index in [9.17, 15) is 9.59 Å². The molecule has 0 aliphatic carbocycles. The molecule has 0 radical (unpaired) electrons. The van der Waals surface area contributed by atoms with Crippen molar-refractivity contribution in [2.75, 3.05) is 31.9 Å². The van der Waals surface area contributed by atoms with E-state index in [-0.39, 0.29) is 23.3 Å². The fourth-order valence-corrected chi connectivity index (χ4v) is 7.94. The summed E-state index contributed by atoms with van der Waals surface area (Å²) in [6.45, 7) is 2.86. The average Bonchev–Trinajstić information content (AvgIpc) is 3.54. The molecule has 1 fully saturated rings. The number of piperazine rings is 1. The Morgan fingerprint density at radius 2 is 1.31 bits per heavy atom. The molecule has 6 nitrogen and oxygen atoms in total. The monoisotopic (exact) mass is 628 g/mol. The topological polar surface area (TPSA) is 58.4 Å². The second-order valence-corrected chi connectivity index (χ2v) is 12.8. The number of aromatic nitrogens is 2. The molecule has 0 saturated carbocycles. The Morgan fingerprint density at radius 1 is 0.756 bits per heavy atom. The number of hydrogen-bond donors (Lipinski definition) is 0. The fourth-order valence-electron chi connectivity index (χ4n) is 6.04. The highest BCUT2D eigenvalue weighted by molar-refractivity contribution is 7.99. The summed E-state index contributed by atoms with van der Waals surface area (Å²) in [5, 5.41) is 3.13. The summed E-state index contributed by atoms with van der Waals surface area (Å²) < 4.78 is 1.65. The first kappa shape index (κ1) is 29.2. The second-order valence-electron chi connectivity index (χ2n) is 11.0. The summed E-state index contributed by atoms with van der Waals surface area (Å²) in [4.78, 5) is 37.7. The Hall–Kier alpha value is -4.50. The highest BCUT2D eigenvalue weighted by Gasteiger charge is 2.28. The number of amides is 1. The molecule has 0 unspecified atom stereocenters. The summed E-state index contributed by atoms with van der Waals surface area (Å²) in [6, 6.07) is 40.8. The van der Waals surface area contributed by atoms with Gasteiger partial charge in [0.2, 0.25) is 5.91 Å². The Balaban J connectivity index is 1.11. The zero-order valence-corrected chi connectivity index (χ0v) is 26.3. The van der Waals surface area contributed by atoms with Crippen molar-refractivity contribution in [1.82, 2.24) is 19.4 Å². The fraction of sp³-hybridized carbons (Fsp3) is 0.162. The quantitative estimate of drug-likeness (QED) is 0.133. The first-order valence-electron chi connectivity index (χ1n) is 15.1. The molecule has 45 heavy (non-hydrogen) atoms. The van der Waals surface area contributed by atoms with E-state index < -0.39 is 0 Å². The molecule has 0 bridgehead atoms. The van der Waals surface area contributed by atoms with E-state index in [1.54, 1.807) is 4.57 Å². The lowest BCUT2D eigenvalue weighted by Gasteiger charge is -2.39. The zero-order valence-electron chi connectivity index (χ0n) is 24.7. The summed E-state index contributed by atoms with van der Waals surface area (Å²) in [5.74, 6) is 0.267. The number of rotatable bonds is 8. The number of benzene rings is 4. The minimum Gasteiger partial charge on any atom is -0.339 e. The maximum Gasteiger partial charge on any atom is 0.268 e. The predicted molar refractivity (Wildman–Crippen MR) is 184 cm³/mol. The smallest absolute Gasteiger partial charge is 0.268 e. The van der Waals surface area contributed by atoms with Crippen molar-refractivity contribution in [3.05, 3.63) is 148 Å². The standard InChI is InChI=1S/C37H32N4O2S2/c42-32(39-21-23-40(24-22-39)34(28-15-7-2-8-16-28)29-17-9-3-10-18-29)26-45-37-38-35-33(31(25-44-35)27-13-5-1-6-14-27)36(43)41(37)30-19-11-4-12-20-30/h1-20,25,34H,21-24,26H2. The van der Waals surface area contributed by atoms with E-state index in [4.69, 9.17) is 4.98 Å². The van der Waals surface area contributed by atoms with Gasteiger partial charge < -0.3 is 4.90 Å². The van der Waals surface area contributed by atoms with Crippen LogP contribution in [0, 0.1) is 0 Å². The molecule has 6 aromatic rings. The molecular formula is C37H32N4O2S2. The molecule has 1 aliphatic rings. The molecule has 3 heterocycles. The van der Waals surface area contributed by atoms with Crippen LogP contribution < -0.4 is 5.56 Å². The van der Waals surface area contributed by atoms with E-state index in [2.05, 4.69) is 53.4 Å². The molecule has 1 amide bonds. The highest BCUT2D eigenvalue weighted by Crippen LogP contribution is 2.33. The third kappa shape index (κ3) is 6.09. The van der Waals surface area contributed by atoms with Crippen molar-refractivity contribution in [3.63, 3.8) is 0 Å². The van der Waals surface area contributed by atoms with Crippen LogP contribution in [-0.2, 0) is 4.79 Å². The van der Waals surface area contributed by atoms with Crippen molar-refractivity contribution in [2.24, 2.45) is 0 Å². The van der Waals surface area contributed by atoms with Gasteiger partial charge in [-0.1, -0.05) is 121 Å². The first-order valence-corrected chi connectivity index (χ1v) is 16.9. The van der Waals surface area contributed by atoms with E-state index in [0.29, 0.717) is 28.5 Å². The van der Waals surface area contributed by atoms with Gasteiger partial charge in [-0.05, 0) is 28.8 Å². The predicted octanol–water partition coefficient (Wildman–Crippen LogP) is 7.14. The van der Waals surface area contributed by atoms with Gasteiger partial charge in [0, 0.05) is 37.1 Å². The SMILES string of the molecule is O=C(CSc1nc2scc(-c3ccccc3)c2c(=O)n1-c1ccccc1)N1CCN(C(c2ccccc2)c2ccccc2)CC1. The molecule has 4 aromatic carbocycles. The van der Waals surface area contributed by atoms with Gasteiger partial charge in [-0.15, -0.1) is 11.3 Å². The lowest BCUT2D eigenvalue weighted by Crippen LogP contribution is -2.50. The summed E-state index contributed by atoms with van der Waals surface area (Å²) in [6.07, 6.45) is 0. The molecule has 7 rings (SSSR count). The maximum atomic E-state index is 14.1. The number of thioether (sulfide) groups is 1. The number of para-hydroxylation sites is 1. The third-order valence-electron chi connectivity index (χ3n) is 8.26. The molecule has 1 aliphatic heterocycles. The first-order chi connectivity index (χ1) is 22.2. The van der Waals surface area contributed by atoms with Crippen LogP contribution in [0.3, 0.4) is 0 Å². The third-order valence-corrected chi connectivity index (χ3v) is 10.1. The van der Waals surface area contributed by atoms with Gasteiger partial charge in [-0.3, -0.25) is 19.1 Å². The van der Waals surface area contributed by atoms with E-state index >= 15 is 0 Å². The Bertz CT molecular complexity index is 1910. The minimum absolute atomic E-state index is 0.0562. The van der Waals surface area contributed by atoms with Crippen LogP contribution in [-0.4, -0.2) is 57.2 Å². The number of fused-ring (bicyclic) bond motifs is 1. The van der Waals surface area contributed by atoms with Crippen LogP contribution in [0.15, 0.2) is 137 Å². The van der Waals surface area contributed by atoms with Crippen LogP contribution in [0.4, 0.5) is 0 Å². The number of carbonyl (C=O) groups is 1. The van der Waals surface area contributed by atoms with Gasteiger partial charge in [0.1, 0.15) is 4.83 Å². The Labute approximate surface area is 270 Å². The van der Waals surface area contributed by atoms with E-state index in [0.717, 1.165) is 29.9 Å². The minimum atomic E-state index is -0.122. The largest absolute Gasteiger partial charge is 0.339 e. The summed E-state index contributed by atoms with van der Waals surface area (Å²) in [7, 11) is 0. The van der Waals surface area contributed by atoms with Crippen LogP contribution >= 0.6 is 23.1 Å². The van der Waals surface area contributed by atoms with Crippen molar-refractivity contribution < 1.29 is 4.79 Å². The lowest BCUT2D eigenvalue weighted by atomic mass is 9.96. The molecule has 0 atom stereocenters. The van der Waals surface area contributed by atoms with E-state index in [1.807, 2.05) is 83.1 Å². The van der Waals surface area contributed by atoms with Gasteiger partial charge in [0.05, 0.1) is 22.9 Å². The summed E-state index contributed by atoms with van der Waals surface area (Å²) >= 11 is 2.80. The van der Waals surface area contributed by atoms with Crippen LogP contribution in [0.2, 0.25) is 0 Å². The van der Waals surface area contributed by atoms with Gasteiger partial charge in [-0.25, -0.2) is 4.98 Å². The van der Waals surface area contributed by atoms with Crippen molar-refractivity contribution in [1.29, 1.82) is 0 Å². The van der Waals surface area contributed by atoms with Gasteiger partial charge >= 0.3 is 0 Å². The number of thiophene rings is 1. The molecular weight excluding hydrogens is 597 g/mol. The van der Waals surface area contributed by atoms with Gasteiger partial charge in [0.25, 0.3) is 5.56 Å². The number of carbonyl (C=O) groups excluding carboxylic acids is 1. The zero-order chi connectivity index (χ0) is 30.6. The second kappa shape index (κ2) is 13.2. The molecule has 8 heteroatoms. The normalized spacial score (nSPS) is 13.8. The molecule has 224 valence electrons. The molecule has 0 spiro atoms. The highest BCUT2D eigenvalue weighted by atomic mass is 32.2. The molecule has 0 N–H and O–H groups in total. The Kier molecular flexibility index (Phi) is 8.60.